The van der Waals surface area contributed by atoms with Crippen LogP contribution in [0, 0.1) is 0 Å². The maximum Gasteiger partial charge on any atom is 0.256 e. The number of ether oxygens (including phenoxy) is 1. The lowest BCUT2D eigenvalue weighted by Crippen LogP contribution is -2.32. The highest BCUT2D eigenvalue weighted by Crippen LogP contribution is 2.17. The van der Waals surface area contributed by atoms with Crippen molar-refractivity contribution in [1.82, 2.24) is 9.88 Å². The minimum absolute atomic E-state index is 0.114. The molecule has 0 saturated heterocycles. The monoisotopic (exact) mass is 308 g/mol. The molecule has 1 N–H and O–H groups in total. The van der Waals surface area contributed by atoms with Crippen molar-refractivity contribution in [1.29, 1.82) is 0 Å². The van der Waals surface area contributed by atoms with Gasteiger partial charge in [-0.2, -0.15) is 0 Å². The van der Waals surface area contributed by atoms with E-state index in [1.807, 2.05) is 11.5 Å². The first-order valence-electron chi connectivity index (χ1n) is 6.68. The van der Waals surface area contributed by atoms with E-state index >= 15 is 0 Å². The van der Waals surface area contributed by atoms with Gasteiger partial charge in [0.2, 0.25) is 5.43 Å². The Hall–Kier alpha value is -1.85. The average molecular weight is 309 g/mol. The Morgan fingerprint density at radius 3 is 2.86 bits per heavy atom. The molecule has 112 valence electrons. The Morgan fingerprint density at radius 1 is 1.43 bits per heavy atom. The predicted octanol–water partition coefficient (Wildman–Crippen LogP) is 2.05. The number of nitrogens with one attached hydrogen (secondary N) is 1. The van der Waals surface area contributed by atoms with Crippen molar-refractivity contribution in [2.75, 3.05) is 20.3 Å². The summed E-state index contributed by atoms with van der Waals surface area (Å²) in [5.41, 5.74) is 0.565. The summed E-state index contributed by atoms with van der Waals surface area (Å²) < 4.78 is 6.73. The number of halogens is 1. The molecular formula is C15H17ClN2O3. The van der Waals surface area contributed by atoms with Crippen molar-refractivity contribution >= 4 is 28.4 Å². The zero-order chi connectivity index (χ0) is 15.4. The van der Waals surface area contributed by atoms with Gasteiger partial charge < -0.3 is 14.6 Å². The van der Waals surface area contributed by atoms with Gasteiger partial charge in [0.05, 0.1) is 12.1 Å². The molecule has 1 aromatic carbocycles. The molecule has 2 rings (SSSR count). The Bertz CT molecular complexity index is 725. The number of fused-ring (bicyclic) bond motifs is 1. The second-order valence-electron chi connectivity index (χ2n) is 4.57. The van der Waals surface area contributed by atoms with Crippen LogP contribution in [-0.2, 0) is 11.3 Å². The first-order valence-corrected chi connectivity index (χ1v) is 7.06. The molecule has 2 aromatic rings. The molecule has 0 saturated carbocycles. The van der Waals surface area contributed by atoms with E-state index in [9.17, 15) is 9.59 Å². The van der Waals surface area contributed by atoms with Crippen molar-refractivity contribution in [3.63, 3.8) is 0 Å². The summed E-state index contributed by atoms with van der Waals surface area (Å²) in [6, 6.07) is 5.11. The maximum absolute atomic E-state index is 12.5. The zero-order valence-corrected chi connectivity index (χ0v) is 12.7. The van der Waals surface area contributed by atoms with Crippen LogP contribution in [0.15, 0.2) is 29.2 Å². The first-order chi connectivity index (χ1) is 10.1. The number of carbonyl (C=O) groups is 1. The fourth-order valence-corrected chi connectivity index (χ4v) is 2.33. The van der Waals surface area contributed by atoms with E-state index in [0.717, 1.165) is 5.52 Å². The molecule has 6 heteroatoms. The second kappa shape index (κ2) is 6.74. The van der Waals surface area contributed by atoms with Crippen molar-refractivity contribution < 1.29 is 9.53 Å². The van der Waals surface area contributed by atoms with Crippen LogP contribution < -0.4 is 10.7 Å². The van der Waals surface area contributed by atoms with Gasteiger partial charge in [-0.25, -0.2) is 0 Å². The van der Waals surface area contributed by atoms with Crippen LogP contribution in [0.3, 0.4) is 0 Å². The Kier molecular flexibility index (Phi) is 4.98. The van der Waals surface area contributed by atoms with E-state index in [2.05, 4.69) is 5.32 Å². The number of amides is 1. The molecule has 0 atom stereocenters. The normalized spacial score (nSPS) is 10.8. The molecule has 0 radical (unpaired) electrons. The number of pyridine rings is 1. The third-order valence-electron chi connectivity index (χ3n) is 3.22. The molecule has 0 bridgehead atoms. The largest absolute Gasteiger partial charge is 0.383 e. The number of benzene rings is 1. The molecule has 0 fully saturated rings. The van der Waals surface area contributed by atoms with Crippen molar-refractivity contribution in [2.45, 2.75) is 13.5 Å². The van der Waals surface area contributed by atoms with E-state index < -0.39 is 5.91 Å². The molecule has 0 spiro atoms. The minimum atomic E-state index is -0.402. The van der Waals surface area contributed by atoms with Gasteiger partial charge in [-0.05, 0) is 25.1 Å². The second-order valence-corrected chi connectivity index (χ2v) is 5.00. The Labute approximate surface area is 127 Å². The predicted molar refractivity (Wildman–Crippen MR) is 83.1 cm³/mol. The summed E-state index contributed by atoms with van der Waals surface area (Å²) in [6.45, 7) is 3.35. The van der Waals surface area contributed by atoms with Gasteiger partial charge in [0.1, 0.15) is 5.56 Å². The molecule has 1 aromatic heterocycles. The first kappa shape index (κ1) is 15.5. The number of methoxy groups -OCH3 is 1. The smallest absolute Gasteiger partial charge is 0.256 e. The minimum Gasteiger partial charge on any atom is -0.383 e. The maximum atomic E-state index is 12.5. The number of aryl methyl sites for hydroxylation is 1. The highest BCUT2D eigenvalue weighted by Gasteiger charge is 2.15. The molecule has 1 amide bonds. The van der Waals surface area contributed by atoms with E-state index in [-0.39, 0.29) is 11.0 Å². The lowest BCUT2D eigenvalue weighted by molar-refractivity contribution is 0.0935. The zero-order valence-electron chi connectivity index (χ0n) is 12.0. The van der Waals surface area contributed by atoms with Crippen LogP contribution in [0.4, 0.5) is 0 Å². The fourth-order valence-electron chi connectivity index (χ4n) is 2.15. The highest BCUT2D eigenvalue weighted by molar-refractivity contribution is 6.31. The van der Waals surface area contributed by atoms with Gasteiger partial charge in [-0.1, -0.05) is 11.6 Å². The Morgan fingerprint density at radius 2 is 2.19 bits per heavy atom. The standard InChI is InChI=1S/C15H17ClN2O3/c1-3-18-9-12(15(20)17-6-7-21-2)14(19)11-8-10(16)4-5-13(11)18/h4-5,8-9H,3,6-7H2,1-2H3,(H,17,20). The van der Waals surface area contributed by atoms with Crippen molar-refractivity contribution in [2.24, 2.45) is 0 Å². The third kappa shape index (κ3) is 3.25. The lowest BCUT2D eigenvalue weighted by Gasteiger charge is -2.12. The van der Waals surface area contributed by atoms with Crippen LogP contribution in [0.5, 0.6) is 0 Å². The fraction of sp³-hybridized carbons (Fsp3) is 0.333. The van der Waals surface area contributed by atoms with E-state index in [1.54, 1.807) is 31.5 Å². The molecule has 1 heterocycles. The number of aromatic nitrogens is 1. The molecule has 21 heavy (non-hydrogen) atoms. The quantitative estimate of drug-likeness (QED) is 0.860. The molecule has 5 nitrogen and oxygen atoms in total. The summed E-state index contributed by atoms with van der Waals surface area (Å²) in [7, 11) is 1.55. The average Bonchev–Trinajstić information content (AvgIpc) is 2.48. The summed E-state index contributed by atoms with van der Waals surface area (Å²) in [4.78, 5) is 24.6. The molecule has 0 aliphatic rings. The molecule has 0 unspecified atom stereocenters. The number of hydrogen-bond acceptors (Lipinski definition) is 3. The van der Waals surface area contributed by atoms with Gasteiger partial charge in [0, 0.05) is 36.8 Å². The van der Waals surface area contributed by atoms with Gasteiger partial charge in [0.15, 0.2) is 0 Å². The van der Waals surface area contributed by atoms with Gasteiger partial charge >= 0.3 is 0 Å². The summed E-state index contributed by atoms with van der Waals surface area (Å²) >= 11 is 5.96. The SMILES string of the molecule is CCn1cc(C(=O)NCCOC)c(=O)c2cc(Cl)ccc21. The summed E-state index contributed by atoms with van der Waals surface area (Å²) in [6.07, 6.45) is 1.58. The molecule has 0 aliphatic carbocycles. The molecular weight excluding hydrogens is 292 g/mol. The van der Waals surface area contributed by atoms with Crippen LogP contribution >= 0.6 is 11.6 Å². The number of nitrogens with zero attached hydrogens (tertiary/aromatic N) is 1. The summed E-state index contributed by atoms with van der Waals surface area (Å²) in [5.74, 6) is -0.402. The van der Waals surface area contributed by atoms with E-state index in [0.29, 0.717) is 30.1 Å². The van der Waals surface area contributed by atoms with Crippen LogP contribution in [0.2, 0.25) is 5.02 Å². The van der Waals surface area contributed by atoms with Crippen LogP contribution in [0.25, 0.3) is 10.9 Å². The summed E-state index contributed by atoms with van der Waals surface area (Å²) in [5, 5.41) is 3.58. The third-order valence-corrected chi connectivity index (χ3v) is 3.45. The van der Waals surface area contributed by atoms with E-state index in [4.69, 9.17) is 16.3 Å². The van der Waals surface area contributed by atoms with Gasteiger partial charge in [0.25, 0.3) is 5.91 Å². The van der Waals surface area contributed by atoms with Crippen molar-refractivity contribution in [3.05, 3.63) is 45.2 Å². The van der Waals surface area contributed by atoms with Gasteiger partial charge in [-0.15, -0.1) is 0 Å². The van der Waals surface area contributed by atoms with Gasteiger partial charge in [-0.3, -0.25) is 9.59 Å². The van der Waals surface area contributed by atoms with Crippen molar-refractivity contribution in [3.8, 4) is 0 Å². The van der Waals surface area contributed by atoms with Crippen LogP contribution in [-0.4, -0.2) is 30.7 Å². The highest BCUT2D eigenvalue weighted by atomic mass is 35.5. The molecule has 0 aliphatic heterocycles. The number of rotatable bonds is 5. The topological polar surface area (TPSA) is 60.3 Å². The number of hydrogen-bond donors (Lipinski definition) is 1. The lowest BCUT2D eigenvalue weighted by atomic mass is 10.1. The Balaban J connectivity index is 2.52. The number of carbonyl (C=O) groups excluding carboxylic acids is 1. The van der Waals surface area contributed by atoms with E-state index in [1.165, 1.54) is 0 Å². The van der Waals surface area contributed by atoms with Crippen LogP contribution in [0.1, 0.15) is 17.3 Å².